The zero-order chi connectivity index (χ0) is 11.4. The third-order valence-corrected chi connectivity index (χ3v) is 2.67. The van der Waals surface area contributed by atoms with Crippen molar-refractivity contribution in [2.75, 3.05) is 0 Å². The van der Waals surface area contributed by atoms with E-state index in [2.05, 4.69) is 16.5 Å². The predicted octanol–water partition coefficient (Wildman–Crippen LogP) is 2.93. The number of nitrogens with one attached hydrogen (secondary N) is 1. The Bertz CT molecular complexity index is 454. The molecule has 3 nitrogen and oxygen atoms in total. The van der Waals surface area contributed by atoms with Gasteiger partial charge in [-0.05, 0) is 24.1 Å². The van der Waals surface area contributed by atoms with Crippen LogP contribution in [0.4, 0.5) is 0 Å². The fraction of sp³-hybridized carbons (Fsp3) is 0.250. The zero-order valence-corrected chi connectivity index (χ0v) is 9.79. The van der Waals surface area contributed by atoms with Gasteiger partial charge in [-0.25, -0.2) is 0 Å². The molecule has 0 aliphatic rings. The summed E-state index contributed by atoms with van der Waals surface area (Å²) < 4.78 is 4.98. The van der Waals surface area contributed by atoms with Crippen LogP contribution in [0.3, 0.4) is 0 Å². The number of aromatic nitrogens is 1. The van der Waals surface area contributed by atoms with E-state index < -0.39 is 0 Å². The van der Waals surface area contributed by atoms with E-state index in [4.69, 9.17) is 16.1 Å². The highest BCUT2D eigenvalue weighted by molar-refractivity contribution is 6.31. The van der Waals surface area contributed by atoms with E-state index in [1.165, 1.54) is 5.56 Å². The normalized spacial score (nSPS) is 10.6. The zero-order valence-electron chi connectivity index (χ0n) is 9.03. The molecule has 0 aliphatic heterocycles. The predicted molar refractivity (Wildman–Crippen MR) is 63.2 cm³/mol. The summed E-state index contributed by atoms with van der Waals surface area (Å²) in [5.41, 5.74) is 2.26. The summed E-state index contributed by atoms with van der Waals surface area (Å²) in [5.74, 6) is 0.822. The number of benzene rings is 1. The number of hydrogen-bond donors (Lipinski definition) is 1. The number of hydrogen-bond acceptors (Lipinski definition) is 3. The molecule has 1 N–H and O–H groups in total. The first-order chi connectivity index (χ1) is 7.75. The van der Waals surface area contributed by atoms with Gasteiger partial charge in [-0.1, -0.05) is 28.9 Å². The summed E-state index contributed by atoms with van der Waals surface area (Å²) in [7, 11) is 0. The molecule has 0 saturated carbocycles. The van der Waals surface area contributed by atoms with Gasteiger partial charge < -0.3 is 9.84 Å². The Morgan fingerprint density at radius 1 is 1.31 bits per heavy atom. The fourth-order valence-electron chi connectivity index (χ4n) is 1.45. The number of rotatable bonds is 4. The maximum Gasteiger partial charge on any atom is 0.150 e. The molecule has 1 aromatic heterocycles. The van der Waals surface area contributed by atoms with Crippen molar-refractivity contribution in [3.63, 3.8) is 0 Å². The van der Waals surface area contributed by atoms with E-state index in [0.29, 0.717) is 6.54 Å². The molecule has 0 atom stereocenters. The lowest BCUT2D eigenvalue weighted by Crippen LogP contribution is -2.12. The van der Waals surface area contributed by atoms with Crippen molar-refractivity contribution >= 4 is 11.6 Å². The molecule has 0 aliphatic carbocycles. The van der Waals surface area contributed by atoms with E-state index in [1.807, 2.05) is 25.1 Å². The highest BCUT2D eigenvalue weighted by atomic mass is 35.5. The Morgan fingerprint density at radius 2 is 2.19 bits per heavy atom. The molecule has 0 radical (unpaired) electrons. The molecule has 16 heavy (non-hydrogen) atoms. The molecular weight excluding hydrogens is 224 g/mol. The van der Waals surface area contributed by atoms with E-state index in [-0.39, 0.29) is 0 Å². The van der Waals surface area contributed by atoms with Crippen LogP contribution < -0.4 is 5.32 Å². The minimum atomic E-state index is 0.657. The monoisotopic (exact) mass is 236 g/mol. The lowest BCUT2D eigenvalue weighted by molar-refractivity contribution is 0.373. The molecule has 4 heteroatoms. The summed E-state index contributed by atoms with van der Waals surface area (Å²) >= 11 is 6.11. The van der Waals surface area contributed by atoms with Crippen molar-refractivity contribution in [3.8, 4) is 0 Å². The lowest BCUT2D eigenvalue weighted by Gasteiger charge is -2.05. The lowest BCUT2D eigenvalue weighted by atomic mass is 10.1. The van der Waals surface area contributed by atoms with E-state index in [1.54, 1.807) is 6.20 Å². The smallest absolute Gasteiger partial charge is 0.150 e. The molecule has 2 aromatic rings. The number of nitrogens with zero attached hydrogens (tertiary/aromatic N) is 1. The van der Waals surface area contributed by atoms with Crippen LogP contribution in [0.2, 0.25) is 5.02 Å². The van der Waals surface area contributed by atoms with Crippen LogP contribution in [0.15, 0.2) is 35.0 Å². The summed E-state index contributed by atoms with van der Waals surface area (Å²) in [4.78, 5) is 0. The highest BCUT2D eigenvalue weighted by Crippen LogP contribution is 2.17. The topological polar surface area (TPSA) is 38.1 Å². The number of aryl methyl sites for hydroxylation is 1. The molecule has 0 amide bonds. The second kappa shape index (κ2) is 5.14. The first-order valence-corrected chi connectivity index (χ1v) is 5.49. The third kappa shape index (κ3) is 2.84. The average Bonchev–Trinajstić information content (AvgIpc) is 2.74. The molecule has 0 bridgehead atoms. The van der Waals surface area contributed by atoms with Crippen LogP contribution in [0, 0.1) is 6.92 Å². The SMILES string of the molecule is Cc1ccc(CNCc2ccno2)c(Cl)c1. The quantitative estimate of drug-likeness (QED) is 0.887. The van der Waals surface area contributed by atoms with Gasteiger partial charge in [0.1, 0.15) is 5.76 Å². The Hall–Kier alpha value is -1.32. The van der Waals surface area contributed by atoms with Crippen molar-refractivity contribution < 1.29 is 4.52 Å². The second-order valence-corrected chi connectivity index (χ2v) is 4.08. The maximum absolute atomic E-state index is 6.11. The van der Waals surface area contributed by atoms with Crippen molar-refractivity contribution in [2.45, 2.75) is 20.0 Å². The third-order valence-electron chi connectivity index (χ3n) is 2.31. The van der Waals surface area contributed by atoms with Gasteiger partial charge in [0.05, 0.1) is 12.7 Å². The van der Waals surface area contributed by atoms with Crippen molar-refractivity contribution in [1.29, 1.82) is 0 Å². The standard InChI is InChI=1S/C12H13ClN2O/c1-9-2-3-10(12(13)6-9)7-14-8-11-4-5-15-16-11/h2-6,14H,7-8H2,1H3. The van der Waals surface area contributed by atoms with Gasteiger partial charge in [-0.15, -0.1) is 0 Å². The van der Waals surface area contributed by atoms with Crippen LogP contribution in [0.1, 0.15) is 16.9 Å². The summed E-state index contributed by atoms with van der Waals surface area (Å²) in [5, 5.41) is 7.68. The molecule has 2 rings (SSSR count). The minimum absolute atomic E-state index is 0.657. The van der Waals surface area contributed by atoms with Crippen LogP contribution >= 0.6 is 11.6 Å². The first-order valence-electron chi connectivity index (χ1n) is 5.11. The van der Waals surface area contributed by atoms with Crippen molar-refractivity contribution in [2.24, 2.45) is 0 Å². The molecule has 0 fully saturated rings. The Morgan fingerprint density at radius 3 is 2.88 bits per heavy atom. The van der Waals surface area contributed by atoms with Gasteiger partial charge in [-0.2, -0.15) is 0 Å². The van der Waals surface area contributed by atoms with E-state index in [9.17, 15) is 0 Å². The van der Waals surface area contributed by atoms with E-state index in [0.717, 1.165) is 22.9 Å². The van der Waals surface area contributed by atoms with Crippen LogP contribution in [-0.4, -0.2) is 5.16 Å². The van der Waals surface area contributed by atoms with E-state index >= 15 is 0 Å². The van der Waals surface area contributed by atoms with Crippen LogP contribution in [0.25, 0.3) is 0 Å². The summed E-state index contributed by atoms with van der Waals surface area (Å²) in [6.07, 6.45) is 1.63. The van der Waals surface area contributed by atoms with Crippen molar-refractivity contribution in [1.82, 2.24) is 10.5 Å². The molecule has 84 valence electrons. The van der Waals surface area contributed by atoms with Gasteiger partial charge in [0.2, 0.25) is 0 Å². The van der Waals surface area contributed by atoms with Gasteiger partial charge in [-0.3, -0.25) is 0 Å². The summed E-state index contributed by atoms with van der Waals surface area (Å²) in [6.45, 7) is 3.40. The summed E-state index contributed by atoms with van der Waals surface area (Å²) in [6, 6.07) is 7.89. The van der Waals surface area contributed by atoms with Crippen LogP contribution in [-0.2, 0) is 13.1 Å². The minimum Gasteiger partial charge on any atom is -0.360 e. The largest absolute Gasteiger partial charge is 0.360 e. The second-order valence-electron chi connectivity index (χ2n) is 3.68. The average molecular weight is 237 g/mol. The van der Waals surface area contributed by atoms with Gasteiger partial charge >= 0.3 is 0 Å². The Balaban J connectivity index is 1.90. The molecule has 1 aromatic carbocycles. The molecule has 0 saturated heterocycles. The Labute approximate surface area is 99.4 Å². The highest BCUT2D eigenvalue weighted by Gasteiger charge is 2.01. The molecule has 0 unspecified atom stereocenters. The van der Waals surface area contributed by atoms with Gasteiger partial charge in [0, 0.05) is 17.6 Å². The van der Waals surface area contributed by atoms with Gasteiger partial charge in [0.15, 0.2) is 0 Å². The molecular formula is C12H13ClN2O. The molecule has 0 spiro atoms. The fourth-order valence-corrected chi connectivity index (χ4v) is 1.75. The van der Waals surface area contributed by atoms with Crippen molar-refractivity contribution in [3.05, 3.63) is 52.4 Å². The number of halogens is 1. The van der Waals surface area contributed by atoms with Gasteiger partial charge in [0.25, 0.3) is 0 Å². The first kappa shape index (κ1) is 11.2. The molecule has 1 heterocycles. The van der Waals surface area contributed by atoms with Crippen LogP contribution in [0.5, 0.6) is 0 Å². The Kier molecular flexibility index (Phi) is 3.59. The maximum atomic E-state index is 6.11.